The number of aromatic amines is 2. The first-order chi connectivity index (χ1) is 15.2. The standard InChI is InChI=1S/C22H14ClF3N4O2/c23-14-4-1-3-13(11-14)19-12(7-9-17(29-19)22(24,25)26)8-10-18(31)27-15-5-2-6-16-20(15)30-21(32)28-16/h1-11H,(H,27,31)(H2,28,30,32)/b10-8+. The number of nitrogens with zero attached hydrogens (tertiary/aromatic N) is 1. The molecule has 3 N–H and O–H groups in total. The van der Waals surface area contributed by atoms with E-state index >= 15 is 0 Å². The number of pyridine rings is 1. The van der Waals surface area contributed by atoms with Gasteiger partial charge in [-0.05, 0) is 36.4 Å². The molecule has 0 spiro atoms. The summed E-state index contributed by atoms with van der Waals surface area (Å²) >= 11 is 5.98. The van der Waals surface area contributed by atoms with Gasteiger partial charge in [0.1, 0.15) is 5.69 Å². The minimum Gasteiger partial charge on any atom is -0.321 e. The van der Waals surface area contributed by atoms with Crippen molar-refractivity contribution >= 4 is 40.3 Å². The highest BCUT2D eigenvalue weighted by Gasteiger charge is 2.33. The zero-order valence-corrected chi connectivity index (χ0v) is 16.9. The molecule has 0 unspecified atom stereocenters. The van der Waals surface area contributed by atoms with Crippen LogP contribution in [0.15, 0.2) is 65.5 Å². The summed E-state index contributed by atoms with van der Waals surface area (Å²) in [5, 5.41) is 2.97. The molecule has 4 rings (SSSR count). The van der Waals surface area contributed by atoms with Crippen LogP contribution in [0, 0.1) is 0 Å². The summed E-state index contributed by atoms with van der Waals surface area (Å²) in [5.74, 6) is -0.545. The zero-order chi connectivity index (χ0) is 22.9. The zero-order valence-electron chi connectivity index (χ0n) is 16.1. The van der Waals surface area contributed by atoms with Crippen molar-refractivity contribution in [2.24, 2.45) is 0 Å². The molecule has 0 fully saturated rings. The lowest BCUT2D eigenvalue weighted by atomic mass is 10.0. The van der Waals surface area contributed by atoms with Crippen molar-refractivity contribution in [1.82, 2.24) is 15.0 Å². The summed E-state index contributed by atoms with van der Waals surface area (Å²) in [6, 6.07) is 13.3. The fourth-order valence-corrected chi connectivity index (χ4v) is 3.32. The molecule has 2 aromatic carbocycles. The number of hydrogen-bond donors (Lipinski definition) is 3. The van der Waals surface area contributed by atoms with Gasteiger partial charge in [0.25, 0.3) is 0 Å². The largest absolute Gasteiger partial charge is 0.433 e. The molecule has 0 saturated heterocycles. The van der Waals surface area contributed by atoms with Gasteiger partial charge in [0.05, 0.1) is 22.4 Å². The first kappa shape index (κ1) is 21.4. The number of H-pyrrole nitrogens is 2. The van der Waals surface area contributed by atoms with Crippen molar-refractivity contribution < 1.29 is 18.0 Å². The van der Waals surface area contributed by atoms with Crippen molar-refractivity contribution in [2.45, 2.75) is 6.18 Å². The van der Waals surface area contributed by atoms with Crippen molar-refractivity contribution in [3.05, 3.63) is 87.4 Å². The quantitative estimate of drug-likeness (QED) is 0.365. The Morgan fingerprint density at radius 1 is 1.06 bits per heavy atom. The molecule has 0 aliphatic carbocycles. The number of halogens is 4. The molecular formula is C22H14ClF3N4O2. The second-order valence-electron chi connectivity index (χ2n) is 6.77. The lowest BCUT2D eigenvalue weighted by molar-refractivity contribution is -0.141. The number of hydrogen-bond acceptors (Lipinski definition) is 3. The topological polar surface area (TPSA) is 90.6 Å². The van der Waals surface area contributed by atoms with Gasteiger partial charge in [-0.15, -0.1) is 0 Å². The van der Waals surface area contributed by atoms with Gasteiger partial charge in [0.2, 0.25) is 5.91 Å². The van der Waals surface area contributed by atoms with E-state index in [9.17, 15) is 22.8 Å². The van der Waals surface area contributed by atoms with Gasteiger partial charge in [0, 0.05) is 22.2 Å². The van der Waals surface area contributed by atoms with Crippen LogP contribution in [0.2, 0.25) is 5.02 Å². The molecule has 32 heavy (non-hydrogen) atoms. The van der Waals surface area contributed by atoms with E-state index in [1.807, 2.05) is 0 Å². The lowest BCUT2D eigenvalue weighted by Crippen LogP contribution is -2.10. The number of amides is 1. The van der Waals surface area contributed by atoms with Gasteiger partial charge in [0.15, 0.2) is 0 Å². The average Bonchev–Trinajstić information content (AvgIpc) is 3.13. The summed E-state index contributed by atoms with van der Waals surface area (Å²) in [7, 11) is 0. The van der Waals surface area contributed by atoms with Crippen LogP contribution in [0.1, 0.15) is 11.3 Å². The lowest BCUT2D eigenvalue weighted by Gasteiger charge is -2.11. The highest BCUT2D eigenvalue weighted by molar-refractivity contribution is 6.30. The van der Waals surface area contributed by atoms with Crippen molar-refractivity contribution in [3.63, 3.8) is 0 Å². The van der Waals surface area contributed by atoms with Crippen LogP contribution in [0.3, 0.4) is 0 Å². The normalized spacial score (nSPS) is 11.9. The number of rotatable bonds is 4. The third-order valence-electron chi connectivity index (χ3n) is 4.54. The smallest absolute Gasteiger partial charge is 0.321 e. The molecule has 162 valence electrons. The Bertz CT molecular complexity index is 1410. The molecule has 0 saturated carbocycles. The van der Waals surface area contributed by atoms with Gasteiger partial charge in [-0.25, -0.2) is 9.78 Å². The van der Waals surface area contributed by atoms with Crippen molar-refractivity contribution in [2.75, 3.05) is 5.32 Å². The van der Waals surface area contributed by atoms with E-state index in [1.54, 1.807) is 36.4 Å². The third-order valence-corrected chi connectivity index (χ3v) is 4.77. The maximum absolute atomic E-state index is 13.2. The number of imidazole rings is 1. The summed E-state index contributed by atoms with van der Waals surface area (Å²) in [6.07, 6.45) is -2.10. The summed E-state index contributed by atoms with van der Waals surface area (Å²) < 4.78 is 39.5. The van der Waals surface area contributed by atoms with Crippen LogP contribution >= 0.6 is 11.6 Å². The molecule has 0 radical (unpaired) electrons. The Hall–Kier alpha value is -3.85. The maximum atomic E-state index is 13.2. The SMILES string of the molecule is O=C(/C=C/c1ccc(C(F)(F)F)nc1-c1cccc(Cl)c1)Nc1cccc2[nH]c(=O)[nH]c12. The highest BCUT2D eigenvalue weighted by Crippen LogP contribution is 2.32. The van der Waals surface area contributed by atoms with E-state index < -0.39 is 23.5 Å². The number of benzene rings is 2. The number of alkyl halides is 3. The predicted octanol–water partition coefficient (Wildman–Crippen LogP) is 5.24. The molecule has 4 aromatic rings. The van der Waals surface area contributed by atoms with Crippen LogP contribution in [0.25, 0.3) is 28.4 Å². The van der Waals surface area contributed by atoms with Crippen LogP contribution < -0.4 is 11.0 Å². The van der Waals surface area contributed by atoms with Crippen molar-refractivity contribution in [1.29, 1.82) is 0 Å². The number of anilines is 1. The second kappa shape index (κ2) is 8.35. The van der Waals surface area contributed by atoms with Crippen LogP contribution in [0.4, 0.5) is 18.9 Å². The Balaban J connectivity index is 1.67. The van der Waals surface area contributed by atoms with Gasteiger partial charge >= 0.3 is 11.9 Å². The number of carbonyl (C=O) groups excluding carboxylic acids is 1. The van der Waals surface area contributed by atoms with Gasteiger partial charge in [-0.3, -0.25) is 4.79 Å². The third kappa shape index (κ3) is 4.57. The Morgan fingerprint density at radius 3 is 2.59 bits per heavy atom. The number of para-hydroxylation sites is 1. The van der Waals surface area contributed by atoms with E-state index in [0.717, 1.165) is 6.07 Å². The van der Waals surface area contributed by atoms with Crippen molar-refractivity contribution in [3.8, 4) is 11.3 Å². The van der Waals surface area contributed by atoms with Gasteiger partial charge < -0.3 is 15.3 Å². The molecule has 2 heterocycles. The van der Waals surface area contributed by atoms with E-state index in [-0.39, 0.29) is 5.69 Å². The molecular weight excluding hydrogens is 445 g/mol. The van der Waals surface area contributed by atoms with E-state index in [2.05, 4.69) is 20.3 Å². The summed E-state index contributed by atoms with van der Waals surface area (Å²) in [4.78, 5) is 32.9. The molecule has 2 aromatic heterocycles. The first-order valence-electron chi connectivity index (χ1n) is 9.25. The molecule has 0 aliphatic heterocycles. The number of carbonyl (C=O) groups is 1. The van der Waals surface area contributed by atoms with Crippen LogP contribution in [0.5, 0.6) is 0 Å². The highest BCUT2D eigenvalue weighted by atomic mass is 35.5. The van der Waals surface area contributed by atoms with Gasteiger partial charge in [-0.2, -0.15) is 13.2 Å². The maximum Gasteiger partial charge on any atom is 0.433 e. The summed E-state index contributed by atoms with van der Waals surface area (Å²) in [6.45, 7) is 0. The second-order valence-corrected chi connectivity index (χ2v) is 7.21. The number of nitrogens with one attached hydrogen (secondary N) is 3. The molecule has 10 heteroatoms. The minimum atomic E-state index is -4.63. The minimum absolute atomic E-state index is 0.0310. The van der Waals surface area contributed by atoms with Crippen LogP contribution in [-0.2, 0) is 11.0 Å². The number of aromatic nitrogens is 3. The molecule has 6 nitrogen and oxygen atoms in total. The fourth-order valence-electron chi connectivity index (χ4n) is 3.13. The number of fused-ring (bicyclic) bond motifs is 1. The Morgan fingerprint density at radius 2 is 1.84 bits per heavy atom. The molecule has 1 amide bonds. The first-order valence-corrected chi connectivity index (χ1v) is 9.63. The van der Waals surface area contributed by atoms with Gasteiger partial charge in [-0.1, -0.05) is 35.9 Å². The van der Waals surface area contributed by atoms with E-state index in [0.29, 0.717) is 32.9 Å². The average molecular weight is 459 g/mol. The van der Waals surface area contributed by atoms with Crippen LogP contribution in [-0.4, -0.2) is 20.9 Å². The molecule has 0 aliphatic rings. The molecule has 0 atom stereocenters. The summed E-state index contributed by atoms with van der Waals surface area (Å²) in [5.41, 5.74) is 0.542. The fraction of sp³-hybridized carbons (Fsp3) is 0.0455. The Kier molecular flexibility index (Phi) is 5.58. The van der Waals surface area contributed by atoms with E-state index in [1.165, 1.54) is 24.3 Å². The monoisotopic (exact) mass is 458 g/mol. The Labute approximate surface area is 183 Å². The predicted molar refractivity (Wildman–Crippen MR) is 116 cm³/mol. The molecule has 0 bridgehead atoms. The van der Waals surface area contributed by atoms with E-state index in [4.69, 9.17) is 11.6 Å².